The first-order valence-corrected chi connectivity index (χ1v) is 9.38. The summed E-state index contributed by atoms with van der Waals surface area (Å²) in [5.41, 5.74) is 6.51. The number of pyridine rings is 1. The molecule has 1 amide bonds. The van der Waals surface area contributed by atoms with Crippen molar-refractivity contribution in [2.45, 2.75) is 32.9 Å². The summed E-state index contributed by atoms with van der Waals surface area (Å²) in [4.78, 5) is 24.5. The molecule has 1 saturated heterocycles. The van der Waals surface area contributed by atoms with Crippen LogP contribution in [-0.4, -0.2) is 78.9 Å². The Morgan fingerprint density at radius 2 is 1.86 bits per heavy atom. The molecule has 1 aromatic heterocycles. The Kier molecular flexibility index (Phi) is 10.4. The third-order valence-electron chi connectivity index (χ3n) is 4.04. The highest BCUT2D eigenvalue weighted by Gasteiger charge is 2.26. The van der Waals surface area contributed by atoms with Gasteiger partial charge in [-0.15, -0.1) is 24.0 Å². The lowest BCUT2D eigenvalue weighted by Gasteiger charge is -2.36. The van der Waals surface area contributed by atoms with Gasteiger partial charge < -0.3 is 29.7 Å². The van der Waals surface area contributed by atoms with Crippen molar-refractivity contribution in [3.05, 3.63) is 23.9 Å². The predicted octanol–water partition coefficient (Wildman–Crippen LogP) is 2.09. The maximum Gasteiger partial charge on any atom is 0.410 e. The van der Waals surface area contributed by atoms with Crippen LogP contribution in [-0.2, 0) is 16.0 Å². The first kappa shape index (κ1) is 25.2. The molecule has 9 nitrogen and oxygen atoms in total. The van der Waals surface area contributed by atoms with Crippen LogP contribution < -0.4 is 10.5 Å². The number of aromatic nitrogens is 1. The van der Waals surface area contributed by atoms with E-state index in [2.05, 4.69) is 9.98 Å². The number of carbonyl (C=O) groups is 1. The molecule has 0 saturated carbocycles. The molecular formula is C19H32IN5O4. The molecule has 2 heterocycles. The molecule has 0 spiro atoms. The van der Waals surface area contributed by atoms with Crippen molar-refractivity contribution in [1.29, 1.82) is 0 Å². The summed E-state index contributed by atoms with van der Waals surface area (Å²) in [6.07, 6.45) is 1.38. The minimum absolute atomic E-state index is 0. The van der Waals surface area contributed by atoms with E-state index in [1.54, 1.807) is 18.2 Å². The molecule has 2 N–H and O–H groups in total. The molecule has 0 unspecified atom stereocenters. The minimum atomic E-state index is -0.499. The quantitative estimate of drug-likeness (QED) is 0.265. The molecule has 1 aliphatic heterocycles. The van der Waals surface area contributed by atoms with Gasteiger partial charge >= 0.3 is 6.09 Å². The van der Waals surface area contributed by atoms with Crippen molar-refractivity contribution in [3.8, 4) is 5.88 Å². The monoisotopic (exact) mass is 521 g/mol. The highest BCUT2D eigenvalue weighted by atomic mass is 127. The van der Waals surface area contributed by atoms with E-state index in [9.17, 15) is 4.79 Å². The second-order valence-corrected chi connectivity index (χ2v) is 7.44. The van der Waals surface area contributed by atoms with Gasteiger partial charge in [-0.2, -0.15) is 0 Å². The van der Waals surface area contributed by atoms with Crippen molar-refractivity contribution >= 4 is 36.0 Å². The second-order valence-electron chi connectivity index (χ2n) is 7.44. The van der Waals surface area contributed by atoms with Gasteiger partial charge in [0.1, 0.15) is 12.2 Å². The number of carbonyl (C=O) groups excluding carboxylic acids is 1. The number of nitrogens with zero attached hydrogens (tertiary/aromatic N) is 4. The van der Waals surface area contributed by atoms with E-state index in [1.807, 2.05) is 37.8 Å². The van der Waals surface area contributed by atoms with Gasteiger partial charge in [-0.3, -0.25) is 0 Å². The fourth-order valence-corrected chi connectivity index (χ4v) is 2.61. The molecular weight excluding hydrogens is 489 g/mol. The average Bonchev–Trinajstić information content (AvgIpc) is 2.66. The third kappa shape index (κ3) is 8.60. The van der Waals surface area contributed by atoms with Gasteiger partial charge in [0.25, 0.3) is 0 Å². The molecule has 1 fully saturated rings. The number of amides is 1. The van der Waals surface area contributed by atoms with Crippen LogP contribution in [0.4, 0.5) is 4.79 Å². The lowest BCUT2D eigenvalue weighted by atomic mass is 10.2. The SMILES string of the molecule is COCCOc1ncccc1CN=C(N)N1CCN(C(=O)OC(C)(C)C)CC1.I. The number of halogens is 1. The summed E-state index contributed by atoms with van der Waals surface area (Å²) in [6, 6.07) is 3.75. The van der Waals surface area contributed by atoms with Crippen molar-refractivity contribution in [1.82, 2.24) is 14.8 Å². The van der Waals surface area contributed by atoms with Gasteiger partial charge in [0.05, 0.1) is 13.2 Å². The third-order valence-corrected chi connectivity index (χ3v) is 4.04. The van der Waals surface area contributed by atoms with Crippen molar-refractivity contribution in [2.75, 3.05) is 46.5 Å². The minimum Gasteiger partial charge on any atom is -0.475 e. The molecule has 10 heteroatoms. The Morgan fingerprint density at radius 3 is 2.48 bits per heavy atom. The lowest BCUT2D eigenvalue weighted by Crippen LogP contribution is -2.53. The van der Waals surface area contributed by atoms with E-state index in [1.165, 1.54) is 0 Å². The standard InChI is InChI=1S/C19H31N5O4.HI/c1-19(2,3)28-18(25)24-10-8-23(9-11-24)17(20)22-14-15-6-5-7-21-16(15)27-13-12-26-4;/h5-7H,8-14H2,1-4H3,(H2,20,22);1H. The van der Waals surface area contributed by atoms with Crippen LogP contribution in [0.15, 0.2) is 23.3 Å². The zero-order chi connectivity index (χ0) is 20.6. The second kappa shape index (κ2) is 12.0. The Morgan fingerprint density at radius 1 is 1.21 bits per heavy atom. The number of aliphatic imine (C=N–C) groups is 1. The topological polar surface area (TPSA) is 103 Å². The van der Waals surface area contributed by atoms with Crippen LogP contribution >= 0.6 is 24.0 Å². The van der Waals surface area contributed by atoms with E-state index in [4.69, 9.17) is 19.9 Å². The molecule has 29 heavy (non-hydrogen) atoms. The summed E-state index contributed by atoms with van der Waals surface area (Å²) in [7, 11) is 1.62. The largest absolute Gasteiger partial charge is 0.475 e. The first-order valence-electron chi connectivity index (χ1n) is 9.38. The van der Waals surface area contributed by atoms with E-state index in [0.717, 1.165) is 5.56 Å². The number of guanidine groups is 1. The normalized spacial score (nSPS) is 15.0. The van der Waals surface area contributed by atoms with Gasteiger partial charge in [0.2, 0.25) is 5.88 Å². The number of hydrogen-bond donors (Lipinski definition) is 1. The van der Waals surface area contributed by atoms with Crippen molar-refractivity contribution in [2.24, 2.45) is 10.7 Å². The van der Waals surface area contributed by atoms with E-state index >= 15 is 0 Å². The van der Waals surface area contributed by atoms with Crippen molar-refractivity contribution in [3.63, 3.8) is 0 Å². The van der Waals surface area contributed by atoms with Crippen molar-refractivity contribution < 1.29 is 19.0 Å². The Bertz CT molecular complexity index is 673. The molecule has 0 atom stereocenters. The maximum absolute atomic E-state index is 12.1. The Labute approximate surface area is 189 Å². The lowest BCUT2D eigenvalue weighted by molar-refractivity contribution is 0.0186. The van der Waals surface area contributed by atoms with E-state index < -0.39 is 5.60 Å². The van der Waals surface area contributed by atoms with Crippen LogP contribution in [0.2, 0.25) is 0 Å². The number of methoxy groups -OCH3 is 1. The highest BCUT2D eigenvalue weighted by molar-refractivity contribution is 14.0. The summed E-state index contributed by atoms with van der Waals surface area (Å²) >= 11 is 0. The molecule has 1 aliphatic rings. The van der Waals surface area contributed by atoms with Crippen LogP contribution in [0.5, 0.6) is 5.88 Å². The number of hydrogen-bond acceptors (Lipinski definition) is 6. The highest BCUT2D eigenvalue weighted by Crippen LogP contribution is 2.16. The Hall–Kier alpha value is -1.82. The fourth-order valence-electron chi connectivity index (χ4n) is 2.61. The summed E-state index contributed by atoms with van der Waals surface area (Å²) in [5.74, 6) is 0.973. The molecule has 164 valence electrons. The van der Waals surface area contributed by atoms with Gasteiger partial charge in [-0.05, 0) is 26.8 Å². The fraction of sp³-hybridized carbons (Fsp3) is 0.632. The number of piperazine rings is 1. The van der Waals surface area contributed by atoms with Gasteiger partial charge in [-0.25, -0.2) is 14.8 Å². The number of ether oxygens (including phenoxy) is 3. The van der Waals surface area contributed by atoms with Gasteiger partial charge in [0.15, 0.2) is 5.96 Å². The van der Waals surface area contributed by atoms with Gasteiger partial charge in [0, 0.05) is 45.0 Å². The summed E-state index contributed by atoms with van der Waals surface area (Å²) in [6.45, 7) is 9.17. The van der Waals surface area contributed by atoms with Crippen LogP contribution in [0, 0.1) is 0 Å². The molecule has 0 aliphatic carbocycles. The zero-order valence-corrected chi connectivity index (χ0v) is 19.9. The first-order chi connectivity index (χ1) is 13.3. The van der Waals surface area contributed by atoms with Crippen LogP contribution in [0.1, 0.15) is 26.3 Å². The average molecular weight is 521 g/mol. The Balaban J connectivity index is 0.00000420. The molecule has 0 radical (unpaired) electrons. The smallest absolute Gasteiger partial charge is 0.410 e. The summed E-state index contributed by atoms with van der Waals surface area (Å²) < 4.78 is 16.0. The van der Waals surface area contributed by atoms with Crippen LogP contribution in [0.25, 0.3) is 0 Å². The van der Waals surface area contributed by atoms with E-state index in [-0.39, 0.29) is 30.1 Å². The summed E-state index contributed by atoms with van der Waals surface area (Å²) in [5, 5.41) is 0. The maximum atomic E-state index is 12.1. The zero-order valence-electron chi connectivity index (χ0n) is 17.6. The molecule has 1 aromatic rings. The molecule has 2 rings (SSSR count). The molecule has 0 aromatic carbocycles. The predicted molar refractivity (Wildman–Crippen MR) is 122 cm³/mol. The number of nitrogens with two attached hydrogens (primary N) is 1. The van der Waals surface area contributed by atoms with E-state index in [0.29, 0.717) is 57.8 Å². The van der Waals surface area contributed by atoms with Gasteiger partial charge in [-0.1, -0.05) is 6.07 Å². The number of rotatable bonds is 6. The molecule has 0 bridgehead atoms. The van der Waals surface area contributed by atoms with Crippen LogP contribution in [0.3, 0.4) is 0 Å².